The second kappa shape index (κ2) is 66.9. The number of unbranched alkanes of at least 4 members (excludes halogenated alkanes) is 56. The van der Waals surface area contributed by atoms with Gasteiger partial charge in [0.25, 0.3) is 0 Å². The number of esters is 3. The summed E-state index contributed by atoms with van der Waals surface area (Å²) in [6.07, 6.45) is 78.7. The molecule has 1 atom stereocenters. The van der Waals surface area contributed by atoms with E-state index < -0.39 is 6.10 Å². The van der Waals surface area contributed by atoms with Crippen LogP contribution >= 0.6 is 0 Å². The van der Waals surface area contributed by atoms with E-state index in [0.29, 0.717) is 19.3 Å². The summed E-state index contributed by atoms with van der Waals surface area (Å²) in [5.74, 6) is -0.827. The SMILES string of the molecule is CCCCCCCCCCCCCCCCCCCCCCCCCCCCCCCCCCCC(=O)OCC(COC(=O)CCCCCCCCCCCCC)OC(=O)CCCCCCCCCCCCCCCCC. The lowest BCUT2D eigenvalue weighted by atomic mass is 10.0. The number of carbonyl (C=O) groups excluding carboxylic acids is 3. The van der Waals surface area contributed by atoms with Crippen LogP contribution in [0.4, 0.5) is 0 Å². The van der Waals surface area contributed by atoms with Crippen molar-refractivity contribution in [2.45, 2.75) is 425 Å². The molecular weight excluding hydrogens is 949 g/mol. The van der Waals surface area contributed by atoms with Gasteiger partial charge in [0.2, 0.25) is 0 Å². The van der Waals surface area contributed by atoms with Crippen molar-refractivity contribution in [3.05, 3.63) is 0 Å². The van der Waals surface area contributed by atoms with Crippen molar-refractivity contribution in [2.24, 2.45) is 0 Å². The van der Waals surface area contributed by atoms with E-state index in [1.165, 1.54) is 321 Å². The normalized spacial score (nSPS) is 11.9. The van der Waals surface area contributed by atoms with Crippen LogP contribution in [-0.2, 0) is 28.6 Å². The molecule has 1 unspecified atom stereocenters. The molecule has 0 aromatic carbocycles. The van der Waals surface area contributed by atoms with Gasteiger partial charge < -0.3 is 14.2 Å². The van der Waals surface area contributed by atoms with Gasteiger partial charge in [-0.2, -0.15) is 0 Å². The third kappa shape index (κ3) is 65.1. The van der Waals surface area contributed by atoms with Crippen LogP contribution in [0.15, 0.2) is 0 Å². The Morgan fingerprint density at radius 2 is 0.351 bits per heavy atom. The number of carbonyl (C=O) groups is 3. The molecule has 0 spiro atoms. The lowest BCUT2D eigenvalue weighted by molar-refractivity contribution is -0.167. The first-order valence-corrected chi connectivity index (χ1v) is 35.5. The quantitative estimate of drug-likeness (QED) is 0.0343. The summed E-state index contributed by atoms with van der Waals surface area (Å²) >= 11 is 0. The molecule has 458 valence electrons. The first kappa shape index (κ1) is 75.4. The third-order valence-electron chi connectivity index (χ3n) is 16.6. The van der Waals surface area contributed by atoms with Crippen molar-refractivity contribution < 1.29 is 28.6 Å². The lowest BCUT2D eigenvalue weighted by Crippen LogP contribution is -2.30. The third-order valence-corrected chi connectivity index (χ3v) is 16.6. The summed E-state index contributed by atoms with van der Waals surface area (Å²) in [6, 6.07) is 0. The molecule has 77 heavy (non-hydrogen) atoms. The first-order chi connectivity index (χ1) is 38.0. The minimum Gasteiger partial charge on any atom is -0.462 e. The molecule has 6 nitrogen and oxygen atoms in total. The monoisotopic (exact) mass is 1090 g/mol. The molecule has 0 heterocycles. The Morgan fingerprint density at radius 3 is 0.519 bits per heavy atom. The highest BCUT2D eigenvalue weighted by atomic mass is 16.6. The van der Waals surface area contributed by atoms with E-state index >= 15 is 0 Å². The molecule has 0 amide bonds. The van der Waals surface area contributed by atoms with E-state index in [2.05, 4.69) is 20.8 Å². The molecule has 0 radical (unpaired) electrons. The predicted molar refractivity (Wildman–Crippen MR) is 335 cm³/mol. The fourth-order valence-corrected chi connectivity index (χ4v) is 11.3. The Morgan fingerprint density at radius 1 is 0.208 bits per heavy atom. The zero-order chi connectivity index (χ0) is 55.7. The van der Waals surface area contributed by atoms with Gasteiger partial charge in [0, 0.05) is 19.3 Å². The molecule has 0 N–H and O–H groups in total. The topological polar surface area (TPSA) is 78.9 Å². The molecule has 0 rings (SSSR count). The molecule has 0 fully saturated rings. The largest absolute Gasteiger partial charge is 0.462 e. The van der Waals surface area contributed by atoms with Crippen LogP contribution in [0.2, 0.25) is 0 Å². The summed E-state index contributed by atoms with van der Waals surface area (Å²) in [7, 11) is 0. The van der Waals surface area contributed by atoms with Crippen molar-refractivity contribution in [3.63, 3.8) is 0 Å². The van der Waals surface area contributed by atoms with Crippen molar-refractivity contribution >= 4 is 17.9 Å². The van der Waals surface area contributed by atoms with Gasteiger partial charge >= 0.3 is 17.9 Å². The van der Waals surface area contributed by atoms with Crippen LogP contribution in [0.1, 0.15) is 419 Å². The Labute approximate surface area is 482 Å². The molecule has 0 aromatic heterocycles. The zero-order valence-corrected chi connectivity index (χ0v) is 52.8. The summed E-state index contributed by atoms with van der Waals surface area (Å²) in [6.45, 7) is 6.72. The number of ether oxygens (including phenoxy) is 3. The van der Waals surface area contributed by atoms with Gasteiger partial charge in [-0.05, 0) is 19.3 Å². The molecule has 0 aliphatic carbocycles. The Kier molecular flexibility index (Phi) is 65.5. The van der Waals surface area contributed by atoms with Crippen LogP contribution < -0.4 is 0 Å². The van der Waals surface area contributed by atoms with Gasteiger partial charge in [-0.1, -0.05) is 380 Å². The van der Waals surface area contributed by atoms with E-state index in [-0.39, 0.29) is 31.1 Å². The van der Waals surface area contributed by atoms with Crippen molar-refractivity contribution in [2.75, 3.05) is 13.2 Å². The maximum Gasteiger partial charge on any atom is 0.306 e. The van der Waals surface area contributed by atoms with Crippen LogP contribution in [0.25, 0.3) is 0 Å². The standard InChI is InChI=1S/C71H138O6/c1-4-7-10-13-16-19-22-24-26-27-28-29-30-31-32-33-34-35-36-37-38-39-40-41-42-43-45-46-49-52-55-58-61-64-70(73)76-67-68(66-75-69(72)63-60-57-54-51-48-21-18-15-12-9-6-3)77-71(74)65-62-59-56-53-50-47-44-25-23-20-17-14-11-8-5-2/h68H,4-67H2,1-3H3. The minimum absolute atomic E-state index is 0.0607. The summed E-state index contributed by atoms with van der Waals surface area (Å²) in [5.41, 5.74) is 0. The molecule has 0 aromatic rings. The van der Waals surface area contributed by atoms with Gasteiger partial charge in [0.05, 0.1) is 0 Å². The fourth-order valence-electron chi connectivity index (χ4n) is 11.3. The average Bonchev–Trinajstić information content (AvgIpc) is 3.43. The molecule has 0 bridgehead atoms. The van der Waals surface area contributed by atoms with E-state index in [9.17, 15) is 14.4 Å². The van der Waals surface area contributed by atoms with E-state index in [4.69, 9.17) is 14.2 Å². The molecular formula is C71H138O6. The maximum absolute atomic E-state index is 12.9. The van der Waals surface area contributed by atoms with E-state index in [1.807, 2.05) is 0 Å². The van der Waals surface area contributed by atoms with Crippen molar-refractivity contribution in [3.8, 4) is 0 Å². The number of hydrogen-bond donors (Lipinski definition) is 0. The molecule has 0 saturated heterocycles. The summed E-state index contributed by atoms with van der Waals surface area (Å²) in [5, 5.41) is 0. The van der Waals surface area contributed by atoms with Crippen molar-refractivity contribution in [1.82, 2.24) is 0 Å². The predicted octanol–water partition coefficient (Wildman–Crippen LogP) is 24.2. The van der Waals surface area contributed by atoms with Gasteiger partial charge in [-0.25, -0.2) is 0 Å². The Bertz CT molecular complexity index is 1160. The molecule has 0 saturated carbocycles. The van der Waals surface area contributed by atoms with Crippen LogP contribution in [0, 0.1) is 0 Å². The molecule has 0 aliphatic heterocycles. The minimum atomic E-state index is -0.762. The fraction of sp³-hybridized carbons (Fsp3) is 0.958. The van der Waals surface area contributed by atoms with E-state index in [0.717, 1.165) is 57.8 Å². The Balaban J connectivity index is 3.99. The maximum atomic E-state index is 12.9. The summed E-state index contributed by atoms with van der Waals surface area (Å²) < 4.78 is 16.9. The van der Waals surface area contributed by atoms with Crippen LogP contribution in [0.3, 0.4) is 0 Å². The van der Waals surface area contributed by atoms with Gasteiger partial charge in [-0.15, -0.1) is 0 Å². The second-order valence-corrected chi connectivity index (χ2v) is 24.5. The summed E-state index contributed by atoms with van der Waals surface area (Å²) in [4.78, 5) is 38.3. The highest BCUT2D eigenvalue weighted by molar-refractivity contribution is 5.71. The first-order valence-electron chi connectivity index (χ1n) is 35.5. The van der Waals surface area contributed by atoms with Gasteiger partial charge in [0.15, 0.2) is 6.10 Å². The molecule has 0 aliphatic rings. The van der Waals surface area contributed by atoms with E-state index in [1.54, 1.807) is 0 Å². The zero-order valence-electron chi connectivity index (χ0n) is 52.8. The van der Waals surface area contributed by atoms with Gasteiger partial charge in [0.1, 0.15) is 13.2 Å². The van der Waals surface area contributed by atoms with Gasteiger partial charge in [-0.3, -0.25) is 14.4 Å². The number of hydrogen-bond acceptors (Lipinski definition) is 6. The molecule has 6 heteroatoms. The van der Waals surface area contributed by atoms with Crippen LogP contribution in [0.5, 0.6) is 0 Å². The average molecular weight is 1090 g/mol. The highest BCUT2D eigenvalue weighted by Gasteiger charge is 2.19. The second-order valence-electron chi connectivity index (χ2n) is 24.5. The van der Waals surface area contributed by atoms with Crippen molar-refractivity contribution in [1.29, 1.82) is 0 Å². The smallest absolute Gasteiger partial charge is 0.306 e. The van der Waals surface area contributed by atoms with Crippen LogP contribution in [-0.4, -0.2) is 37.2 Å². The Hall–Kier alpha value is -1.59. The highest BCUT2D eigenvalue weighted by Crippen LogP contribution is 2.20. The number of rotatable bonds is 67. The lowest BCUT2D eigenvalue weighted by Gasteiger charge is -2.18.